The third-order valence-electron chi connectivity index (χ3n) is 4.18. The van der Waals surface area contributed by atoms with Crippen molar-refractivity contribution in [3.8, 4) is 11.5 Å². The van der Waals surface area contributed by atoms with Gasteiger partial charge in [-0.1, -0.05) is 13.3 Å². The SMILES string of the molecule is CCCC(O)(c1nc2ccc(OC(F)(F)F)c(Br)c2s1)c1cnccc1OCC. The lowest BCUT2D eigenvalue weighted by Gasteiger charge is -2.27. The van der Waals surface area contributed by atoms with Crippen LogP contribution in [0.2, 0.25) is 0 Å². The van der Waals surface area contributed by atoms with E-state index in [9.17, 15) is 18.3 Å². The molecule has 0 saturated carbocycles. The lowest BCUT2D eigenvalue weighted by atomic mass is 9.90. The van der Waals surface area contributed by atoms with Gasteiger partial charge in [-0.05, 0) is 47.5 Å². The van der Waals surface area contributed by atoms with Crippen LogP contribution in [-0.4, -0.2) is 28.0 Å². The number of alkyl halides is 3. The third kappa shape index (κ3) is 4.49. The Balaban J connectivity index is 2.14. The second kappa shape index (κ2) is 8.45. The molecule has 3 aromatic rings. The maximum Gasteiger partial charge on any atom is 0.573 e. The molecule has 0 radical (unpaired) electrons. The number of halogens is 4. The number of aromatic nitrogens is 2. The van der Waals surface area contributed by atoms with Crippen molar-refractivity contribution in [1.29, 1.82) is 0 Å². The summed E-state index contributed by atoms with van der Waals surface area (Å²) in [4.78, 5) is 8.61. The van der Waals surface area contributed by atoms with Gasteiger partial charge in [-0.3, -0.25) is 4.98 Å². The van der Waals surface area contributed by atoms with Crippen molar-refractivity contribution in [2.45, 2.75) is 38.7 Å². The molecule has 0 aliphatic heterocycles. The van der Waals surface area contributed by atoms with E-state index >= 15 is 0 Å². The summed E-state index contributed by atoms with van der Waals surface area (Å²) in [6.45, 7) is 4.16. The van der Waals surface area contributed by atoms with Gasteiger partial charge in [0.05, 0.1) is 26.9 Å². The first-order valence-electron chi connectivity index (χ1n) is 8.84. The normalized spacial score (nSPS) is 14.0. The van der Waals surface area contributed by atoms with E-state index in [0.717, 1.165) is 11.3 Å². The molecular formula is C19H18BrF3N2O3S. The summed E-state index contributed by atoms with van der Waals surface area (Å²) < 4.78 is 48.2. The van der Waals surface area contributed by atoms with E-state index in [4.69, 9.17) is 4.74 Å². The number of benzene rings is 1. The van der Waals surface area contributed by atoms with Gasteiger partial charge >= 0.3 is 6.36 Å². The van der Waals surface area contributed by atoms with Crippen LogP contribution >= 0.6 is 27.3 Å². The summed E-state index contributed by atoms with van der Waals surface area (Å²) >= 11 is 4.27. The zero-order valence-corrected chi connectivity index (χ0v) is 18.0. The molecule has 2 heterocycles. The standard InChI is InChI=1S/C19H18BrF3N2O3S/c1-3-8-18(26,11-10-24-9-7-13(11)27-4-2)17-25-12-5-6-14(28-19(21,22)23)15(20)16(12)29-17/h5-7,9-10,26H,3-4,8H2,1-2H3. The zero-order chi connectivity index (χ0) is 21.2. The van der Waals surface area contributed by atoms with Crippen LogP contribution in [-0.2, 0) is 5.60 Å². The number of hydrogen-bond acceptors (Lipinski definition) is 6. The molecule has 5 nitrogen and oxygen atoms in total. The minimum atomic E-state index is -4.81. The zero-order valence-electron chi connectivity index (χ0n) is 15.6. The van der Waals surface area contributed by atoms with Crippen molar-refractivity contribution in [3.63, 3.8) is 0 Å². The first-order valence-corrected chi connectivity index (χ1v) is 10.5. The fourth-order valence-corrected chi connectivity index (χ4v) is 4.80. The molecule has 1 aromatic carbocycles. The largest absolute Gasteiger partial charge is 0.573 e. The Labute approximate surface area is 177 Å². The molecule has 0 aliphatic carbocycles. The second-order valence-electron chi connectivity index (χ2n) is 6.21. The van der Waals surface area contributed by atoms with Gasteiger partial charge in [0.1, 0.15) is 22.1 Å². The van der Waals surface area contributed by atoms with Gasteiger partial charge in [0.15, 0.2) is 0 Å². The van der Waals surface area contributed by atoms with Gasteiger partial charge < -0.3 is 14.6 Å². The van der Waals surface area contributed by atoms with Gasteiger partial charge in [-0.2, -0.15) is 0 Å². The second-order valence-corrected chi connectivity index (χ2v) is 8.00. The fraction of sp³-hybridized carbons (Fsp3) is 0.368. The number of pyridine rings is 1. The Morgan fingerprint density at radius 3 is 2.59 bits per heavy atom. The highest BCUT2D eigenvalue weighted by atomic mass is 79.9. The molecule has 29 heavy (non-hydrogen) atoms. The van der Waals surface area contributed by atoms with Crippen LogP contribution < -0.4 is 9.47 Å². The Bertz CT molecular complexity index is 1010. The summed E-state index contributed by atoms with van der Waals surface area (Å²) in [6, 6.07) is 4.29. The number of nitrogens with zero attached hydrogens (tertiary/aromatic N) is 2. The highest BCUT2D eigenvalue weighted by Crippen LogP contribution is 2.45. The minimum Gasteiger partial charge on any atom is -0.493 e. The Kier molecular flexibility index (Phi) is 6.35. The predicted molar refractivity (Wildman–Crippen MR) is 107 cm³/mol. The summed E-state index contributed by atoms with van der Waals surface area (Å²) in [7, 11) is 0. The van der Waals surface area contributed by atoms with E-state index in [0.29, 0.717) is 46.0 Å². The highest BCUT2D eigenvalue weighted by molar-refractivity contribution is 9.10. The summed E-state index contributed by atoms with van der Waals surface area (Å²) in [6.07, 6.45) is -0.746. The molecule has 10 heteroatoms. The van der Waals surface area contributed by atoms with Gasteiger partial charge in [-0.25, -0.2) is 4.98 Å². The molecule has 0 bridgehead atoms. The summed E-state index contributed by atoms with van der Waals surface area (Å²) in [5.74, 6) is 0.119. The average Bonchev–Trinajstić information content (AvgIpc) is 3.10. The monoisotopic (exact) mass is 490 g/mol. The number of hydrogen-bond donors (Lipinski definition) is 1. The first kappa shape index (κ1) is 21.8. The average molecular weight is 491 g/mol. The van der Waals surface area contributed by atoms with Crippen LogP contribution in [0.5, 0.6) is 11.5 Å². The van der Waals surface area contributed by atoms with E-state index in [1.165, 1.54) is 18.3 Å². The molecule has 0 amide bonds. The maximum atomic E-state index is 12.6. The first-order chi connectivity index (χ1) is 13.7. The molecule has 2 aromatic heterocycles. The van der Waals surface area contributed by atoms with Crippen molar-refractivity contribution in [2.24, 2.45) is 0 Å². The lowest BCUT2D eigenvalue weighted by molar-refractivity contribution is -0.274. The molecule has 0 spiro atoms. The number of thiazole rings is 1. The van der Waals surface area contributed by atoms with Crippen molar-refractivity contribution in [1.82, 2.24) is 9.97 Å². The van der Waals surface area contributed by atoms with E-state index in [1.54, 1.807) is 12.3 Å². The smallest absolute Gasteiger partial charge is 0.493 e. The minimum absolute atomic E-state index is 0.131. The quantitative estimate of drug-likeness (QED) is 0.454. The van der Waals surface area contributed by atoms with E-state index in [1.807, 2.05) is 13.8 Å². The number of fused-ring (bicyclic) bond motifs is 1. The van der Waals surface area contributed by atoms with Crippen LogP contribution in [0.15, 0.2) is 35.1 Å². The van der Waals surface area contributed by atoms with E-state index in [2.05, 4.69) is 30.6 Å². The molecule has 0 saturated heterocycles. The van der Waals surface area contributed by atoms with Gasteiger partial charge in [0, 0.05) is 12.4 Å². The maximum absolute atomic E-state index is 12.6. The molecule has 0 fully saturated rings. The summed E-state index contributed by atoms with van der Waals surface area (Å²) in [5.41, 5.74) is -0.588. The lowest BCUT2D eigenvalue weighted by Crippen LogP contribution is -2.28. The van der Waals surface area contributed by atoms with Crippen molar-refractivity contribution >= 4 is 37.5 Å². The number of aliphatic hydroxyl groups is 1. The topological polar surface area (TPSA) is 64.5 Å². The molecule has 1 N–H and O–H groups in total. The van der Waals surface area contributed by atoms with Crippen molar-refractivity contribution in [3.05, 3.63) is 45.6 Å². The highest BCUT2D eigenvalue weighted by Gasteiger charge is 2.38. The number of ether oxygens (including phenoxy) is 2. The molecular weight excluding hydrogens is 473 g/mol. The molecule has 156 valence electrons. The van der Waals surface area contributed by atoms with Gasteiger partial charge in [0.25, 0.3) is 0 Å². The Morgan fingerprint density at radius 2 is 1.93 bits per heavy atom. The van der Waals surface area contributed by atoms with Gasteiger partial charge in [-0.15, -0.1) is 24.5 Å². The summed E-state index contributed by atoms with van der Waals surface area (Å²) in [5, 5.41) is 12.0. The van der Waals surface area contributed by atoms with E-state index in [-0.39, 0.29) is 10.2 Å². The predicted octanol–water partition coefficient (Wildman–Crippen LogP) is 5.79. The molecule has 1 unspecified atom stereocenters. The molecule has 1 atom stereocenters. The van der Waals surface area contributed by atoms with E-state index < -0.39 is 12.0 Å². The molecule has 0 aliphatic rings. The third-order valence-corrected chi connectivity index (χ3v) is 6.47. The van der Waals surface area contributed by atoms with Crippen LogP contribution in [0.1, 0.15) is 37.3 Å². The van der Waals surface area contributed by atoms with Crippen LogP contribution in [0.3, 0.4) is 0 Å². The van der Waals surface area contributed by atoms with Crippen molar-refractivity contribution in [2.75, 3.05) is 6.61 Å². The number of rotatable bonds is 7. The Morgan fingerprint density at radius 1 is 1.17 bits per heavy atom. The van der Waals surface area contributed by atoms with Crippen LogP contribution in [0, 0.1) is 0 Å². The van der Waals surface area contributed by atoms with Crippen LogP contribution in [0.4, 0.5) is 13.2 Å². The van der Waals surface area contributed by atoms with Crippen LogP contribution in [0.25, 0.3) is 10.2 Å². The Hall–Kier alpha value is -1.91. The fourth-order valence-electron chi connectivity index (χ4n) is 3.01. The van der Waals surface area contributed by atoms with Crippen molar-refractivity contribution < 1.29 is 27.8 Å². The molecule has 3 rings (SSSR count). The van der Waals surface area contributed by atoms with Gasteiger partial charge in [0.2, 0.25) is 0 Å².